The minimum absolute atomic E-state index is 0.0567. The molecular weight excluding hydrogens is 171 g/mol. The molecule has 0 spiro atoms. The van der Waals surface area contributed by atoms with E-state index in [9.17, 15) is 14.6 Å². The van der Waals surface area contributed by atoms with Crippen molar-refractivity contribution in [2.24, 2.45) is 0 Å². The molecule has 2 nitrogen and oxygen atoms in total. The van der Waals surface area contributed by atoms with Crippen molar-refractivity contribution >= 4 is 0 Å². The molecule has 1 aliphatic carbocycles. The van der Waals surface area contributed by atoms with Gasteiger partial charge in [0.1, 0.15) is 5.82 Å². The Morgan fingerprint density at radius 3 is 2.77 bits per heavy atom. The quantitative estimate of drug-likeness (QED) is 0.594. The van der Waals surface area contributed by atoms with Gasteiger partial charge in [0.25, 0.3) is 0 Å². The van der Waals surface area contributed by atoms with Gasteiger partial charge in [0.05, 0.1) is 0 Å². The lowest BCUT2D eigenvalue weighted by Gasteiger charge is -2.29. The Morgan fingerprint density at radius 2 is 2.08 bits per heavy atom. The molecule has 70 valence electrons. The van der Waals surface area contributed by atoms with Crippen LogP contribution in [0.25, 0.3) is 0 Å². The Morgan fingerprint density at radius 1 is 1.31 bits per heavy atom. The number of aliphatic hydroxyl groups is 2. The summed E-state index contributed by atoms with van der Waals surface area (Å²) in [4.78, 5) is 0. The van der Waals surface area contributed by atoms with Crippen LogP contribution >= 0.6 is 0 Å². The predicted molar refractivity (Wildman–Crippen MR) is 45.5 cm³/mol. The normalized spacial score (nSPS) is 19.6. The van der Waals surface area contributed by atoms with E-state index < -0.39 is 11.6 Å². The zero-order valence-electron chi connectivity index (χ0n) is 7.13. The number of fused-ring (bicyclic) bond motifs is 1. The van der Waals surface area contributed by atoms with Gasteiger partial charge in [0, 0.05) is 12.0 Å². The summed E-state index contributed by atoms with van der Waals surface area (Å²) in [5, 5.41) is 19.0. The molecule has 0 atom stereocenters. The van der Waals surface area contributed by atoms with Crippen molar-refractivity contribution in [1.82, 2.24) is 0 Å². The Kier molecular flexibility index (Phi) is 1.86. The minimum atomic E-state index is -1.97. The highest BCUT2D eigenvalue weighted by Gasteiger charge is 2.34. The number of hydrogen-bond acceptors (Lipinski definition) is 2. The predicted octanol–water partition coefficient (Wildman–Crippen LogP) is 1.30. The summed E-state index contributed by atoms with van der Waals surface area (Å²) in [6, 6.07) is 4.58. The first-order valence-corrected chi connectivity index (χ1v) is 4.34. The molecule has 2 rings (SSSR count). The topological polar surface area (TPSA) is 40.5 Å². The Balaban J connectivity index is 2.61. The molecule has 0 aliphatic heterocycles. The first-order chi connectivity index (χ1) is 6.11. The van der Waals surface area contributed by atoms with Crippen molar-refractivity contribution in [3.63, 3.8) is 0 Å². The first kappa shape index (κ1) is 8.66. The molecule has 0 saturated carbocycles. The Bertz CT molecular complexity index is 334. The maximum absolute atomic E-state index is 13.2. The molecule has 3 heteroatoms. The Hall–Kier alpha value is -0.930. The molecule has 0 radical (unpaired) electrons. The summed E-state index contributed by atoms with van der Waals surface area (Å²) in [6.45, 7) is 0. The van der Waals surface area contributed by atoms with Crippen LogP contribution in [0.4, 0.5) is 4.39 Å². The molecular formula is C10H11FO2. The number of halogens is 1. The number of aryl methyl sites for hydroxylation is 1. The second kappa shape index (κ2) is 2.79. The van der Waals surface area contributed by atoms with Crippen LogP contribution in [0.15, 0.2) is 18.2 Å². The summed E-state index contributed by atoms with van der Waals surface area (Å²) in [5.74, 6) is -2.50. The molecule has 1 aliphatic rings. The molecule has 0 fully saturated rings. The fourth-order valence-electron chi connectivity index (χ4n) is 1.88. The van der Waals surface area contributed by atoms with Crippen LogP contribution in [0, 0.1) is 5.82 Å². The van der Waals surface area contributed by atoms with Crippen molar-refractivity contribution in [3.05, 3.63) is 35.1 Å². The molecule has 0 aromatic heterocycles. The highest BCUT2D eigenvalue weighted by atomic mass is 19.1. The molecule has 0 heterocycles. The fraction of sp³-hybridized carbons (Fsp3) is 0.400. The van der Waals surface area contributed by atoms with Gasteiger partial charge in [0.2, 0.25) is 0 Å². The van der Waals surface area contributed by atoms with E-state index in [-0.39, 0.29) is 12.0 Å². The monoisotopic (exact) mass is 182 g/mol. The summed E-state index contributed by atoms with van der Waals surface area (Å²) in [6.07, 6.45) is 1.61. The third-order valence-corrected chi connectivity index (χ3v) is 2.47. The summed E-state index contributed by atoms with van der Waals surface area (Å²) in [5.41, 5.74) is 0.762. The van der Waals surface area contributed by atoms with Gasteiger partial charge >= 0.3 is 0 Å². The molecule has 0 amide bonds. The summed E-state index contributed by atoms with van der Waals surface area (Å²) >= 11 is 0. The zero-order chi connectivity index (χ0) is 9.47. The van der Waals surface area contributed by atoms with Gasteiger partial charge < -0.3 is 10.2 Å². The van der Waals surface area contributed by atoms with Crippen molar-refractivity contribution in [2.75, 3.05) is 0 Å². The van der Waals surface area contributed by atoms with Crippen LogP contribution in [0.3, 0.4) is 0 Å². The molecule has 1 aromatic rings. The molecule has 1 aromatic carbocycles. The van der Waals surface area contributed by atoms with Gasteiger partial charge in [-0.3, -0.25) is 0 Å². The highest BCUT2D eigenvalue weighted by Crippen LogP contribution is 2.34. The van der Waals surface area contributed by atoms with Crippen LogP contribution in [0.1, 0.15) is 24.0 Å². The minimum Gasteiger partial charge on any atom is -0.362 e. The number of rotatable bonds is 0. The average molecular weight is 182 g/mol. The first-order valence-electron chi connectivity index (χ1n) is 4.34. The molecule has 0 bridgehead atoms. The van der Waals surface area contributed by atoms with Crippen LogP contribution in [-0.4, -0.2) is 10.2 Å². The lowest BCUT2D eigenvalue weighted by Crippen LogP contribution is -2.31. The molecule has 0 saturated heterocycles. The lowest BCUT2D eigenvalue weighted by atomic mass is 9.86. The average Bonchev–Trinajstić information content (AvgIpc) is 2.02. The van der Waals surface area contributed by atoms with Crippen LogP contribution in [0.2, 0.25) is 0 Å². The third kappa shape index (κ3) is 1.34. The van der Waals surface area contributed by atoms with E-state index >= 15 is 0 Å². The maximum Gasteiger partial charge on any atom is 0.192 e. The fourth-order valence-corrected chi connectivity index (χ4v) is 1.88. The van der Waals surface area contributed by atoms with Gasteiger partial charge in [-0.25, -0.2) is 4.39 Å². The highest BCUT2D eigenvalue weighted by molar-refractivity contribution is 5.34. The van der Waals surface area contributed by atoms with Gasteiger partial charge in [-0.05, 0) is 24.5 Å². The van der Waals surface area contributed by atoms with Crippen molar-refractivity contribution in [3.8, 4) is 0 Å². The molecule has 13 heavy (non-hydrogen) atoms. The van der Waals surface area contributed by atoms with Crippen LogP contribution in [-0.2, 0) is 12.2 Å². The Labute approximate surface area is 75.6 Å². The van der Waals surface area contributed by atoms with E-state index in [0.717, 1.165) is 6.42 Å². The second-order valence-corrected chi connectivity index (χ2v) is 3.44. The standard InChI is InChI=1S/C10H11FO2/c11-8-5-1-3-7-4-2-6-10(12,13)9(7)8/h1,3,5,12-13H,2,4,6H2. The number of benzene rings is 1. The van der Waals surface area contributed by atoms with Crippen LogP contribution < -0.4 is 0 Å². The van der Waals surface area contributed by atoms with E-state index in [1.807, 2.05) is 0 Å². The van der Waals surface area contributed by atoms with Crippen molar-refractivity contribution < 1.29 is 14.6 Å². The third-order valence-electron chi connectivity index (χ3n) is 2.47. The van der Waals surface area contributed by atoms with E-state index in [1.54, 1.807) is 12.1 Å². The van der Waals surface area contributed by atoms with Crippen molar-refractivity contribution in [1.29, 1.82) is 0 Å². The van der Waals surface area contributed by atoms with Crippen molar-refractivity contribution in [2.45, 2.75) is 25.0 Å². The van der Waals surface area contributed by atoms with E-state index in [0.29, 0.717) is 12.0 Å². The van der Waals surface area contributed by atoms with Gasteiger partial charge in [-0.2, -0.15) is 0 Å². The van der Waals surface area contributed by atoms with Gasteiger partial charge in [-0.15, -0.1) is 0 Å². The van der Waals surface area contributed by atoms with Gasteiger partial charge in [-0.1, -0.05) is 12.1 Å². The molecule has 0 unspecified atom stereocenters. The van der Waals surface area contributed by atoms with Crippen LogP contribution in [0.5, 0.6) is 0 Å². The zero-order valence-corrected chi connectivity index (χ0v) is 7.13. The maximum atomic E-state index is 13.2. The summed E-state index contributed by atoms with van der Waals surface area (Å²) < 4.78 is 13.2. The van der Waals surface area contributed by atoms with E-state index in [2.05, 4.69) is 0 Å². The number of hydrogen-bond donors (Lipinski definition) is 2. The smallest absolute Gasteiger partial charge is 0.192 e. The van der Waals surface area contributed by atoms with E-state index in [4.69, 9.17) is 0 Å². The van der Waals surface area contributed by atoms with Gasteiger partial charge in [0.15, 0.2) is 5.79 Å². The lowest BCUT2D eigenvalue weighted by molar-refractivity contribution is -0.181. The van der Waals surface area contributed by atoms with E-state index in [1.165, 1.54) is 6.07 Å². The summed E-state index contributed by atoms with van der Waals surface area (Å²) in [7, 11) is 0. The largest absolute Gasteiger partial charge is 0.362 e. The second-order valence-electron chi connectivity index (χ2n) is 3.44. The molecule has 2 N–H and O–H groups in total. The SMILES string of the molecule is OC1(O)CCCc2cccc(F)c21.